The van der Waals surface area contributed by atoms with Gasteiger partial charge in [-0.15, -0.1) is 0 Å². The van der Waals surface area contributed by atoms with Gasteiger partial charge in [0.1, 0.15) is 0 Å². The summed E-state index contributed by atoms with van der Waals surface area (Å²) in [5, 5.41) is 0. The number of hydrogen-bond donors (Lipinski definition) is 0. The second kappa shape index (κ2) is 7.31. The smallest absolute Gasteiger partial charge is 0.253 e. The summed E-state index contributed by atoms with van der Waals surface area (Å²) in [7, 11) is 4.99. The van der Waals surface area contributed by atoms with Crippen LogP contribution in [0.4, 0.5) is 0 Å². The monoisotopic (exact) mass is 293 g/mol. The van der Waals surface area contributed by atoms with Gasteiger partial charge in [-0.3, -0.25) is 4.79 Å². The molecule has 5 nitrogen and oxygen atoms in total. The van der Waals surface area contributed by atoms with Gasteiger partial charge in [0.2, 0.25) is 0 Å². The maximum Gasteiger partial charge on any atom is 0.253 e. The molecule has 0 radical (unpaired) electrons. The normalized spacial score (nSPS) is 15.6. The fourth-order valence-electron chi connectivity index (χ4n) is 2.59. The summed E-state index contributed by atoms with van der Waals surface area (Å²) in [6.45, 7) is 2.35. The highest BCUT2D eigenvalue weighted by molar-refractivity contribution is 5.94. The lowest BCUT2D eigenvalue weighted by Gasteiger charge is -2.27. The van der Waals surface area contributed by atoms with Crippen molar-refractivity contribution in [3.05, 3.63) is 23.8 Å². The topological polar surface area (TPSA) is 48.0 Å². The first-order chi connectivity index (χ1) is 10.2. The third-order valence-corrected chi connectivity index (χ3v) is 3.85. The lowest BCUT2D eigenvalue weighted by atomic mass is 9.99. The van der Waals surface area contributed by atoms with E-state index < -0.39 is 0 Å². The fraction of sp³-hybridized carbons (Fsp3) is 0.562. The molecule has 0 unspecified atom stereocenters. The molecule has 1 saturated heterocycles. The Morgan fingerprint density at radius 2 is 1.90 bits per heavy atom. The standard InChI is InChI=1S/C16H23NO4/c1-17(11-12-6-8-21-9-7-12)16(18)13-4-5-14(19-2)15(10-13)20-3/h4-5,10,12H,6-9,11H2,1-3H3. The van der Waals surface area contributed by atoms with Gasteiger partial charge in [-0.25, -0.2) is 0 Å². The molecule has 0 aliphatic carbocycles. The Bertz CT molecular complexity index is 483. The molecule has 116 valence electrons. The van der Waals surface area contributed by atoms with E-state index >= 15 is 0 Å². The zero-order chi connectivity index (χ0) is 15.2. The minimum Gasteiger partial charge on any atom is -0.493 e. The maximum absolute atomic E-state index is 12.5. The number of ether oxygens (including phenoxy) is 3. The summed E-state index contributed by atoms with van der Waals surface area (Å²) in [5.41, 5.74) is 0.613. The molecule has 21 heavy (non-hydrogen) atoms. The van der Waals surface area contributed by atoms with Gasteiger partial charge in [0.05, 0.1) is 14.2 Å². The van der Waals surface area contributed by atoms with E-state index in [0.29, 0.717) is 23.0 Å². The van der Waals surface area contributed by atoms with Gasteiger partial charge in [0.15, 0.2) is 11.5 Å². The molecule has 5 heteroatoms. The van der Waals surface area contributed by atoms with Crippen LogP contribution in [0.25, 0.3) is 0 Å². The molecule has 1 aliphatic heterocycles. The lowest BCUT2D eigenvalue weighted by Crippen LogP contribution is -2.34. The molecule has 0 bridgehead atoms. The highest BCUT2D eigenvalue weighted by atomic mass is 16.5. The van der Waals surface area contributed by atoms with E-state index in [9.17, 15) is 4.79 Å². The predicted molar refractivity (Wildman–Crippen MR) is 80.0 cm³/mol. The van der Waals surface area contributed by atoms with Crippen molar-refractivity contribution in [1.82, 2.24) is 4.90 Å². The molecule has 1 aromatic rings. The molecule has 1 heterocycles. The van der Waals surface area contributed by atoms with Gasteiger partial charge in [-0.05, 0) is 37.0 Å². The molecule has 0 saturated carbocycles. The fourth-order valence-corrected chi connectivity index (χ4v) is 2.59. The summed E-state index contributed by atoms with van der Waals surface area (Å²) < 4.78 is 15.8. The van der Waals surface area contributed by atoms with Gasteiger partial charge >= 0.3 is 0 Å². The van der Waals surface area contributed by atoms with Crippen LogP contribution in [0.1, 0.15) is 23.2 Å². The Balaban J connectivity index is 2.04. The quantitative estimate of drug-likeness (QED) is 0.835. The van der Waals surface area contributed by atoms with Crippen molar-refractivity contribution in [3.8, 4) is 11.5 Å². The van der Waals surface area contributed by atoms with Crippen molar-refractivity contribution in [2.45, 2.75) is 12.8 Å². The van der Waals surface area contributed by atoms with Crippen LogP contribution in [0.5, 0.6) is 11.5 Å². The zero-order valence-corrected chi connectivity index (χ0v) is 12.9. The Labute approximate surface area is 125 Å². The Kier molecular flexibility index (Phi) is 5.44. The van der Waals surface area contributed by atoms with E-state index in [1.807, 2.05) is 7.05 Å². The van der Waals surface area contributed by atoms with Crippen molar-refractivity contribution in [2.24, 2.45) is 5.92 Å². The van der Waals surface area contributed by atoms with Gasteiger partial charge < -0.3 is 19.1 Å². The van der Waals surface area contributed by atoms with E-state index in [1.165, 1.54) is 0 Å². The van der Waals surface area contributed by atoms with Crippen molar-refractivity contribution in [2.75, 3.05) is 41.0 Å². The van der Waals surface area contributed by atoms with Crippen molar-refractivity contribution < 1.29 is 19.0 Å². The largest absolute Gasteiger partial charge is 0.493 e. The first-order valence-corrected chi connectivity index (χ1v) is 7.21. The van der Waals surface area contributed by atoms with E-state index in [2.05, 4.69) is 0 Å². The second-order valence-corrected chi connectivity index (χ2v) is 5.31. The highest BCUT2D eigenvalue weighted by Gasteiger charge is 2.20. The molecular formula is C16H23NO4. The van der Waals surface area contributed by atoms with Gasteiger partial charge in [-0.1, -0.05) is 0 Å². The molecule has 2 rings (SSSR count). The minimum absolute atomic E-state index is 0.00226. The molecule has 1 aliphatic rings. The Morgan fingerprint density at radius 3 is 2.52 bits per heavy atom. The summed E-state index contributed by atoms with van der Waals surface area (Å²) in [6, 6.07) is 5.25. The summed E-state index contributed by atoms with van der Waals surface area (Å²) in [4.78, 5) is 14.3. The van der Waals surface area contributed by atoms with Crippen LogP contribution in [-0.2, 0) is 4.74 Å². The molecule has 1 fully saturated rings. The summed E-state index contributed by atoms with van der Waals surface area (Å²) in [6.07, 6.45) is 2.03. The lowest BCUT2D eigenvalue weighted by molar-refractivity contribution is 0.0497. The number of carbonyl (C=O) groups excluding carboxylic acids is 1. The van der Waals surface area contributed by atoms with Gasteiger partial charge in [0, 0.05) is 32.4 Å². The number of carbonyl (C=O) groups is 1. The van der Waals surface area contributed by atoms with E-state index in [0.717, 1.165) is 32.6 Å². The highest BCUT2D eigenvalue weighted by Crippen LogP contribution is 2.28. The zero-order valence-electron chi connectivity index (χ0n) is 12.9. The molecule has 0 spiro atoms. The van der Waals surface area contributed by atoms with Gasteiger partial charge in [-0.2, -0.15) is 0 Å². The van der Waals surface area contributed by atoms with Crippen LogP contribution in [0, 0.1) is 5.92 Å². The van der Waals surface area contributed by atoms with E-state index in [1.54, 1.807) is 37.3 Å². The van der Waals surface area contributed by atoms with E-state index in [4.69, 9.17) is 14.2 Å². The molecular weight excluding hydrogens is 270 g/mol. The number of hydrogen-bond acceptors (Lipinski definition) is 4. The maximum atomic E-state index is 12.5. The van der Waals surface area contributed by atoms with Crippen molar-refractivity contribution in [1.29, 1.82) is 0 Å². The van der Waals surface area contributed by atoms with Gasteiger partial charge in [0.25, 0.3) is 5.91 Å². The average molecular weight is 293 g/mol. The first-order valence-electron chi connectivity index (χ1n) is 7.21. The number of methoxy groups -OCH3 is 2. The van der Waals surface area contributed by atoms with Crippen LogP contribution in [0.15, 0.2) is 18.2 Å². The molecule has 0 N–H and O–H groups in total. The van der Waals surface area contributed by atoms with Crippen molar-refractivity contribution in [3.63, 3.8) is 0 Å². The SMILES string of the molecule is COc1ccc(C(=O)N(C)CC2CCOCC2)cc1OC. The van der Waals surface area contributed by atoms with Crippen LogP contribution in [-0.4, -0.2) is 51.8 Å². The predicted octanol–water partition coefficient (Wildman–Crippen LogP) is 2.20. The second-order valence-electron chi connectivity index (χ2n) is 5.31. The van der Waals surface area contributed by atoms with Crippen LogP contribution in [0.2, 0.25) is 0 Å². The number of benzene rings is 1. The third-order valence-electron chi connectivity index (χ3n) is 3.85. The minimum atomic E-state index is 0.00226. The summed E-state index contributed by atoms with van der Waals surface area (Å²) >= 11 is 0. The van der Waals surface area contributed by atoms with Crippen LogP contribution in [0.3, 0.4) is 0 Å². The molecule has 1 amide bonds. The molecule has 0 aromatic heterocycles. The van der Waals surface area contributed by atoms with Crippen molar-refractivity contribution >= 4 is 5.91 Å². The van der Waals surface area contributed by atoms with E-state index in [-0.39, 0.29) is 5.91 Å². The Hall–Kier alpha value is -1.75. The third kappa shape index (κ3) is 3.88. The van der Waals surface area contributed by atoms with Crippen LogP contribution < -0.4 is 9.47 Å². The number of rotatable bonds is 5. The number of nitrogens with zero attached hydrogens (tertiary/aromatic N) is 1. The average Bonchev–Trinajstić information content (AvgIpc) is 2.54. The Morgan fingerprint density at radius 1 is 1.24 bits per heavy atom. The molecule has 0 atom stereocenters. The first kappa shape index (κ1) is 15.6. The van der Waals surface area contributed by atoms with Crippen LogP contribution >= 0.6 is 0 Å². The number of amides is 1. The summed E-state index contributed by atoms with van der Waals surface area (Å²) in [5.74, 6) is 1.72. The molecule has 1 aromatic carbocycles.